The Morgan fingerprint density at radius 1 is 1.35 bits per heavy atom. The largest absolute Gasteiger partial charge is 0.507 e. The van der Waals surface area contributed by atoms with Crippen LogP contribution >= 0.6 is 0 Å². The molecule has 1 atom stereocenters. The van der Waals surface area contributed by atoms with Crippen molar-refractivity contribution < 1.29 is 29.6 Å². The molecule has 92 valence electrons. The average molecular weight is 241 g/mol. The van der Waals surface area contributed by atoms with Crippen molar-refractivity contribution in [3.05, 3.63) is 23.3 Å². The number of phenolic OH excluding ortho intramolecular Hbond substituents is 1. The molecule has 0 fully saturated rings. The third-order valence-electron chi connectivity index (χ3n) is 2.18. The number of rotatable bonds is 4. The first kappa shape index (κ1) is 12.8. The molecule has 0 aliphatic carbocycles. The maximum absolute atomic E-state index is 10.9. The summed E-state index contributed by atoms with van der Waals surface area (Å²) < 4.78 is 4.75. The summed E-state index contributed by atoms with van der Waals surface area (Å²) in [6.07, 6.45) is 0. The van der Waals surface area contributed by atoms with Gasteiger partial charge in [0, 0.05) is 11.6 Å². The van der Waals surface area contributed by atoms with Crippen LogP contribution in [0.3, 0.4) is 0 Å². The Hall–Kier alpha value is -2.28. The molecule has 17 heavy (non-hydrogen) atoms. The van der Waals surface area contributed by atoms with Crippen molar-refractivity contribution in [2.45, 2.75) is 6.04 Å². The lowest BCUT2D eigenvalue weighted by Gasteiger charge is -2.12. The summed E-state index contributed by atoms with van der Waals surface area (Å²) in [5.74, 6) is -3.18. The van der Waals surface area contributed by atoms with E-state index in [1.54, 1.807) is 0 Å². The van der Waals surface area contributed by atoms with Crippen molar-refractivity contribution in [3.63, 3.8) is 0 Å². The van der Waals surface area contributed by atoms with E-state index in [4.69, 9.17) is 20.7 Å². The van der Waals surface area contributed by atoms with Gasteiger partial charge in [-0.3, -0.25) is 4.79 Å². The van der Waals surface area contributed by atoms with Crippen molar-refractivity contribution in [2.24, 2.45) is 5.73 Å². The van der Waals surface area contributed by atoms with Crippen LogP contribution in [-0.2, 0) is 4.79 Å². The third kappa shape index (κ3) is 2.45. The van der Waals surface area contributed by atoms with Crippen LogP contribution in [0.1, 0.15) is 22.0 Å². The molecule has 1 aromatic carbocycles. The summed E-state index contributed by atoms with van der Waals surface area (Å²) >= 11 is 0. The summed E-state index contributed by atoms with van der Waals surface area (Å²) in [6, 6.07) is 0.496. The summed E-state index contributed by atoms with van der Waals surface area (Å²) in [6.45, 7) is 0. The van der Waals surface area contributed by atoms with Crippen LogP contribution in [0.5, 0.6) is 11.5 Å². The summed E-state index contributed by atoms with van der Waals surface area (Å²) in [4.78, 5) is 21.6. The second-order valence-electron chi connectivity index (χ2n) is 3.23. The standard InChI is InChI=1S/C10H11NO6/c1-17-7-3-6(12)4(8(11)10(15)16)2-5(7)9(13)14/h2-3,8,12H,11H2,1H3,(H,13,14)(H,15,16). The molecular formula is C10H11NO6. The van der Waals surface area contributed by atoms with E-state index in [2.05, 4.69) is 0 Å². The molecule has 7 nitrogen and oxygen atoms in total. The maximum Gasteiger partial charge on any atom is 0.339 e. The van der Waals surface area contributed by atoms with Gasteiger partial charge in [0.25, 0.3) is 0 Å². The van der Waals surface area contributed by atoms with Crippen LogP contribution in [-0.4, -0.2) is 34.4 Å². The van der Waals surface area contributed by atoms with Crippen molar-refractivity contribution in [2.75, 3.05) is 7.11 Å². The van der Waals surface area contributed by atoms with Gasteiger partial charge in [-0.15, -0.1) is 0 Å². The van der Waals surface area contributed by atoms with Crippen LogP contribution in [0, 0.1) is 0 Å². The number of phenols is 1. The zero-order valence-electron chi connectivity index (χ0n) is 8.88. The Morgan fingerprint density at radius 3 is 2.35 bits per heavy atom. The Kier molecular flexibility index (Phi) is 3.54. The van der Waals surface area contributed by atoms with Gasteiger partial charge < -0.3 is 25.8 Å². The molecule has 0 heterocycles. The highest BCUT2D eigenvalue weighted by Gasteiger charge is 2.22. The molecule has 5 N–H and O–H groups in total. The van der Waals surface area contributed by atoms with Crippen LogP contribution in [0.2, 0.25) is 0 Å². The molecular weight excluding hydrogens is 230 g/mol. The van der Waals surface area contributed by atoms with E-state index in [1.807, 2.05) is 0 Å². The number of carbonyl (C=O) groups is 2. The molecule has 0 saturated carbocycles. The molecule has 1 rings (SSSR count). The minimum Gasteiger partial charge on any atom is -0.507 e. The maximum atomic E-state index is 10.9. The number of hydrogen-bond acceptors (Lipinski definition) is 5. The normalized spacial score (nSPS) is 11.9. The predicted molar refractivity (Wildman–Crippen MR) is 56.2 cm³/mol. The number of nitrogens with two attached hydrogens (primary N) is 1. The number of ether oxygens (including phenoxy) is 1. The summed E-state index contributed by atoms with van der Waals surface area (Å²) in [7, 11) is 1.23. The lowest BCUT2D eigenvalue weighted by Crippen LogP contribution is -2.21. The number of hydrogen-bond donors (Lipinski definition) is 4. The van der Waals surface area contributed by atoms with E-state index >= 15 is 0 Å². The highest BCUT2D eigenvalue weighted by atomic mass is 16.5. The Morgan fingerprint density at radius 2 is 1.94 bits per heavy atom. The van der Waals surface area contributed by atoms with Gasteiger partial charge >= 0.3 is 11.9 Å². The zero-order valence-corrected chi connectivity index (χ0v) is 8.88. The van der Waals surface area contributed by atoms with Crippen molar-refractivity contribution >= 4 is 11.9 Å². The van der Waals surface area contributed by atoms with Gasteiger partial charge in [-0.2, -0.15) is 0 Å². The van der Waals surface area contributed by atoms with Crippen molar-refractivity contribution in [1.29, 1.82) is 0 Å². The average Bonchev–Trinajstić information content (AvgIpc) is 2.27. The number of aromatic carboxylic acids is 1. The smallest absolute Gasteiger partial charge is 0.339 e. The van der Waals surface area contributed by atoms with Crippen molar-refractivity contribution in [1.82, 2.24) is 0 Å². The van der Waals surface area contributed by atoms with Gasteiger partial charge in [0.15, 0.2) is 0 Å². The second kappa shape index (κ2) is 4.71. The summed E-state index contributed by atoms with van der Waals surface area (Å²) in [5, 5.41) is 27.1. The quantitative estimate of drug-likeness (QED) is 0.591. The van der Waals surface area contributed by atoms with Crippen LogP contribution < -0.4 is 10.5 Å². The van der Waals surface area contributed by atoms with E-state index in [-0.39, 0.29) is 16.9 Å². The van der Waals surface area contributed by atoms with E-state index in [9.17, 15) is 14.7 Å². The monoisotopic (exact) mass is 241 g/mol. The van der Waals surface area contributed by atoms with Crippen molar-refractivity contribution in [3.8, 4) is 11.5 Å². The van der Waals surface area contributed by atoms with Gasteiger partial charge in [-0.1, -0.05) is 0 Å². The fourth-order valence-corrected chi connectivity index (χ4v) is 1.30. The van der Waals surface area contributed by atoms with Gasteiger partial charge in [-0.05, 0) is 6.07 Å². The molecule has 0 spiro atoms. The minimum absolute atomic E-state index is 0.0728. The molecule has 0 aliphatic rings. The van der Waals surface area contributed by atoms with E-state index < -0.39 is 23.7 Å². The van der Waals surface area contributed by atoms with Crippen LogP contribution in [0.25, 0.3) is 0 Å². The Bertz CT molecular complexity index is 470. The molecule has 0 amide bonds. The molecule has 1 unspecified atom stereocenters. The zero-order chi connectivity index (χ0) is 13.2. The molecule has 0 radical (unpaired) electrons. The molecule has 1 aromatic rings. The van der Waals surface area contributed by atoms with Gasteiger partial charge in [-0.25, -0.2) is 4.79 Å². The number of aliphatic carboxylic acids is 1. The Balaban J connectivity index is 3.39. The first-order valence-electron chi connectivity index (χ1n) is 4.51. The van der Waals surface area contributed by atoms with Gasteiger partial charge in [0.1, 0.15) is 23.1 Å². The predicted octanol–water partition coefficient (Wildman–Crippen LogP) is 0.183. The topological polar surface area (TPSA) is 130 Å². The minimum atomic E-state index is -1.50. The lowest BCUT2D eigenvalue weighted by molar-refractivity contribution is -0.138. The Labute approximate surface area is 96.1 Å². The highest BCUT2D eigenvalue weighted by molar-refractivity contribution is 5.92. The fourth-order valence-electron chi connectivity index (χ4n) is 1.30. The number of aromatic hydroxyl groups is 1. The second-order valence-corrected chi connectivity index (χ2v) is 3.23. The molecule has 0 aromatic heterocycles. The molecule has 0 bridgehead atoms. The van der Waals surface area contributed by atoms with Gasteiger partial charge in [0.05, 0.1) is 7.11 Å². The lowest BCUT2D eigenvalue weighted by atomic mass is 10.0. The number of carboxylic acids is 2. The van der Waals surface area contributed by atoms with Crippen LogP contribution in [0.15, 0.2) is 12.1 Å². The third-order valence-corrected chi connectivity index (χ3v) is 2.18. The van der Waals surface area contributed by atoms with E-state index in [0.29, 0.717) is 0 Å². The molecule has 0 saturated heterocycles. The first-order valence-corrected chi connectivity index (χ1v) is 4.51. The number of methoxy groups -OCH3 is 1. The molecule has 0 aliphatic heterocycles. The highest BCUT2D eigenvalue weighted by Crippen LogP contribution is 2.31. The number of carboxylic acid groups (broad SMARTS) is 2. The summed E-state index contributed by atoms with van der Waals surface area (Å²) in [5.41, 5.74) is 4.85. The van der Waals surface area contributed by atoms with Crippen LogP contribution in [0.4, 0.5) is 0 Å². The molecule has 7 heteroatoms. The number of benzene rings is 1. The van der Waals surface area contributed by atoms with E-state index in [1.165, 1.54) is 7.11 Å². The van der Waals surface area contributed by atoms with E-state index in [0.717, 1.165) is 12.1 Å². The first-order chi connectivity index (χ1) is 7.88. The van der Waals surface area contributed by atoms with Gasteiger partial charge in [0.2, 0.25) is 0 Å². The fraction of sp³-hybridized carbons (Fsp3) is 0.200. The SMILES string of the molecule is COc1cc(O)c(C(N)C(=O)O)cc1C(=O)O.